The summed E-state index contributed by atoms with van der Waals surface area (Å²) in [4.78, 5) is 13.9. The Balaban J connectivity index is 1.25. The highest BCUT2D eigenvalue weighted by Crippen LogP contribution is 2.35. The predicted octanol–water partition coefficient (Wildman–Crippen LogP) is 1.20. The Morgan fingerprint density at radius 2 is 1.84 bits per heavy atom. The van der Waals surface area contributed by atoms with Gasteiger partial charge in [-0.3, -0.25) is 4.90 Å². The van der Waals surface area contributed by atoms with E-state index in [1.54, 1.807) is 6.33 Å². The molecule has 2 atom stereocenters. The van der Waals surface area contributed by atoms with Gasteiger partial charge in [0.05, 0.1) is 6.54 Å². The zero-order valence-electron chi connectivity index (χ0n) is 15.0. The SMILES string of the molecule is Cc1ncnc(N2CC3CN(Cc4nnc5n4CCC5)CC3C2)c1C. The van der Waals surface area contributed by atoms with Crippen molar-refractivity contribution in [3.8, 4) is 0 Å². The molecule has 2 saturated heterocycles. The normalized spacial score (nSPS) is 25.6. The molecule has 0 aromatic carbocycles. The van der Waals surface area contributed by atoms with Gasteiger partial charge in [-0.05, 0) is 32.1 Å². The molecule has 0 spiro atoms. The summed E-state index contributed by atoms with van der Waals surface area (Å²) in [5, 5.41) is 8.77. The van der Waals surface area contributed by atoms with Gasteiger partial charge in [-0.1, -0.05) is 0 Å². The number of hydrogen-bond acceptors (Lipinski definition) is 6. The van der Waals surface area contributed by atoms with Crippen molar-refractivity contribution in [2.75, 3.05) is 31.1 Å². The molecule has 5 heterocycles. The van der Waals surface area contributed by atoms with Crippen LogP contribution in [0.15, 0.2) is 6.33 Å². The van der Waals surface area contributed by atoms with E-state index < -0.39 is 0 Å². The van der Waals surface area contributed by atoms with Gasteiger partial charge in [0.2, 0.25) is 0 Å². The summed E-state index contributed by atoms with van der Waals surface area (Å²) in [6.45, 7) is 10.8. The van der Waals surface area contributed by atoms with Crippen LogP contribution in [0.3, 0.4) is 0 Å². The van der Waals surface area contributed by atoms with Gasteiger partial charge < -0.3 is 9.47 Å². The molecule has 7 nitrogen and oxygen atoms in total. The molecule has 25 heavy (non-hydrogen) atoms. The zero-order valence-corrected chi connectivity index (χ0v) is 15.0. The Labute approximate surface area is 148 Å². The van der Waals surface area contributed by atoms with Gasteiger partial charge in [0.1, 0.15) is 23.8 Å². The number of nitrogens with zero attached hydrogens (tertiary/aromatic N) is 7. The second-order valence-electron chi connectivity index (χ2n) is 7.81. The smallest absolute Gasteiger partial charge is 0.147 e. The van der Waals surface area contributed by atoms with Crippen LogP contribution in [-0.4, -0.2) is 55.8 Å². The van der Waals surface area contributed by atoms with Crippen molar-refractivity contribution in [1.29, 1.82) is 0 Å². The number of aryl methyl sites for hydroxylation is 2. The van der Waals surface area contributed by atoms with Crippen LogP contribution in [0.4, 0.5) is 5.82 Å². The van der Waals surface area contributed by atoms with E-state index in [2.05, 4.69) is 48.4 Å². The molecule has 0 N–H and O–H groups in total. The summed E-state index contributed by atoms with van der Waals surface area (Å²) in [5.41, 5.74) is 2.31. The van der Waals surface area contributed by atoms with Crippen LogP contribution in [0.2, 0.25) is 0 Å². The van der Waals surface area contributed by atoms with E-state index in [1.165, 1.54) is 17.8 Å². The van der Waals surface area contributed by atoms with Crippen molar-refractivity contribution in [3.05, 3.63) is 29.2 Å². The maximum Gasteiger partial charge on any atom is 0.147 e. The summed E-state index contributed by atoms with van der Waals surface area (Å²) in [6.07, 6.45) is 4.00. The molecule has 0 radical (unpaired) electrons. The topological polar surface area (TPSA) is 63.0 Å². The molecule has 2 aromatic rings. The lowest BCUT2D eigenvalue weighted by molar-refractivity contribution is 0.296. The number of anilines is 1. The molecule has 0 amide bonds. The van der Waals surface area contributed by atoms with Gasteiger partial charge in [0.25, 0.3) is 0 Å². The second kappa shape index (κ2) is 5.76. The number of rotatable bonds is 3. The first-order chi connectivity index (χ1) is 12.2. The third kappa shape index (κ3) is 2.52. The molecule has 5 rings (SSSR count). The molecule has 0 saturated carbocycles. The molecule has 3 aliphatic heterocycles. The number of hydrogen-bond donors (Lipinski definition) is 0. The van der Waals surface area contributed by atoms with Crippen LogP contribution >= 0.6 is 0 Å². The minimum absolute atomic E-state index is 0.732. The second-order valence-corrected chi connectivity index (χ2v) is 7.81. The van der Waals surface area contributed by atoms with Gasteiger partial charge >= 0.3 is 0 Å². The van der Waals surface area contributed by atoms with Crippen molar-refractivity contribution in [1.82, 2.24) is 29.6 Å². The largest absolute Gasteiger partial charge is 0.356 e. The third-order valence-electron chi connectivity index (χ3n) is 6.22. The van der Waals surface area contributed by atoms with Gasteiger partial charge in [-0.25, -0.2) is 9.97 Å². The van der Waals surface area contributed by atoms with Crippen LogP contribution in [0.1, 0.15) is 29.3 Å². The maximum absolute atomic E-state index is 4.55. The minimum atomic E-state index is 0.732. The minimum Gasteiger partial charge on any atom is -0.356 e. The Hall–Kier alpha value is -2.02. The van der Waals surface area contributed by atoms with E-state index in [4.69, 9.17) is 0 Å². The summed E-state index contributed by atoms with van der Waals surface area (Å²) in [7, 11) is 0. The first-order valence-electron chi connectivity index (χ1n) is 9.35. The van der Waals surface area contributed by atoms with Gasteiger partial charge in [-0.2, -0.15) is 0 Å². The highest BCUT2D eigenvalue weighted by atomic mass is 15.3. The van der Waals surface area contributed by atoms with Crippen molar-refractivity contribution in [2.24, 2.45) is 11.8 Å². The van der Waals surface area contributed by atoms with Crippen molar-refractivity contribution < 1.29 is 0 Å². The molecule has 3 aliphatic rings. The van der Waals surface area contributed by atoms with Crippen LogP contribution in [0.25, 0.3) is 0 Å². The summed E-state index contributed by atoms with van der Waals surface area (Å²) in [5.74, 6) is 4.93. The monoisotopic (exact) mass is 339 g/mol. The molecule has 2 aromatic heterocycles. The summed E-state index contributed by atoms with van der Waals surface area (Å²) >= 11 is 0. The van der Waals surface area contributed by atoms with E-state index in [0.717, 1.165) is 74.9 Å². The zero-order chi connectivity index (χ0) is 17.0. The molecular formula is C18H25N7. The Kier molecular flexibility index (Phi) is 3.51. The van der Waals surface area contributed by atoms with Crippen LogP contribution < -0.4 is 4.90 Å². The lowest BCUT2D eigenvalue weighted by Gasteiger charge is -2.23. The number of fused-ring (bicyclic) bond motifs is 2. The van der Waals surface area contributed by atoms with Crippen LogP contribution in [0, 0.1) is 25.7 Å². The molecule has 7 heteroatoms. The molecule has 0 aliphatic carbocycles. The summed E-state index contributed by atoms with van der Waals surface area (Å²) in [6, 6.07) is 0. The fourth-order valence-corrected chi connectivity index (χ4v) is 4.76. The van der Waals surface area contributed by atoms with Gasteiger partial charge in [-0.15, -0.1) is 10.2 Å². The Morgan fingerprint density at radius 1 is 1.04 bits per heavy atom. The average Bonchev–Trinajstić information content (AvgIpc) is 3.32. The quantitative estimate of drug-likeness (QED) is 0.837. The predicted molar refractivity (Wildman–Crippen MR) is 94.3 cm³/mol. The van der Waals surface area contributed by atoms with Crippen molar-refractivity contribution in [3.63, 3.8) is 0 Å². The standard InChI is InChI=1S/C18H25N7/c1-12-13(2)19-11-20-18(12)24-8-14-6-23(7-15(14)9-24)10-17-22-21-16-4-3-5-25(16)17/h11,14-15H,3-10H2,1-2H3. The highest BCUT2D eigenvalue weighted by molar-refractivity contribution is 5.48. The molecule has 2 unspecified atom stereocenters. The van der Waals surface area contributed by atoms with Crippen molar-refractivity contribution in [2.45, 2.75) is 39.8 Å². The first-order valence-corrected chi connectivity index (χ1v) is 9.35. The van der Waals surface area contributed by atoms with E-state index >= 15 is 0 Å². The Morgan fingerprint density at radius 3 is 2.64 bits per heavy atom. The lowest BCUT2D eigenvalue weighted by atomic mass is 10.0. The van der Waals surface area contributed by atoms with E-state index in [-0.39, 0.29) is 0 Å². The van der Waals surface area contributed by atoms with E-state index in [9.17, 15) is 0 Å². The number of aromatic nitrogens is 5. The highest BCUT2D eigenvalue weighted by Gasteiger charge is 2.41. The molecule has 132 valence electrons. The summed E-state index contributed by atoms with van der Waals surface area (Å²) < 4.78 is 2.33. The maximum atomic E-state index is 4.55. The van der Waals surface area contributed by atoms with Crippen LogP contribution in [-0.2, 0) is 19.5 Å². The third-order valence-corrected chi connectivity index (χ3v) is 6.22. The fourth-order valence-electron chi connectivity index (χ4n) is 4.76. The average molecular weight is 339 g/mol. The van der Waals surface area contributed by atoms with Gasteiger partial charge in [0, 0.05) is 50.4 Å². The van der Waals surface area contributed by atoms with Gasteiger partial charge in [0.15, 0.2) is 0 Å². The van der Waals surface area contributed by atoms with Crippen LogP contribution in [0.5, 0.6) is 0 Å². The van der Waals surface area contributed by atoms with E-state index in [1.807, 2.05) is 0 Å². The van der Waals surface area contributed by atoms with Crippen molar-refractivity contribution >= 4 is 5.82 Å². The lowest BCUT2D eigenvalue weighted by Crippen LogP contribution is -2.30. The van der Waals surface area contributed by atoms with E-state index in [0.29, 0.717) is 0 Å². The number of likely N-dealkylation sites (tertiary alicyclic amines) is 1. The Bertz CT molecular complexity index is 785. The molecular weight excluding hydrogens is 314 g/mol. The molecule has 2 fully saturated rings. The molecule has 0 bridgehead atoms. The fraction of sp³-hybridized carbons (Fsp3) is 0.667. The first kappa shape index (κ1) is 15.3.